The molecule has 0 radical (unpaired) electrons. The Balaban J connectivity index is 1.36. The number of nitrogens with one attached hydrogen (secondary N) is 2. The third-order valence-corrected chi connectivity index (χ3v) is 5.41. The molecule has 2 N–H and O–H groups in total. The molecule has 29 heavy (non-hydrogen) atoms. The summed E-state index contributed by atoms with van der Waals surface area (Å²) in [5.74, 6) is -0.541. The number of para-hydroxylation sites is 1. The number of hydrogen-bond acceptors (Lipinski definition) is 5. The van der Waals surface area contributed by atoms with Crippen LogP contribution in [0.15, 0.2) is 46.9 Å². The van der Waals surface area contributed by atoms with Crippen LogP contribution in [0.1, 0.15) is 16.8 Å². The fourth-order valence-electron chi connectivity index (χ4n) is 3.26. The van der Waals surface area contributed by atoms with Gasteiger partial charge in [-0.2, -0.15) is 0 Å². The number of rotatable bonds is 3. The van der Waals surface area contributed by atoms with Gasteiger partial charge in [-0.05, 0) is 46.3 Å². The number of hydrazine groups is 1. The van der Waals surface area contributed by atoms with E-state index in [1.165, 1.54) is 0 Å². The molecule has 0 bridgehead atoms. The third kappa shape index (κ3) is 4.04. The lowest BCUT2D eigenvalue weighted by Gasteiger charge is -2.19. The number of carbonyl (C=O) groups is 3. The van der Waals surface area contributed by atoms with Crippen LogP contribution in [0.3, 0.4) is 0 Å². The second-order valence-corrected chi connectivity index (χ2v) is 7.51. The molecule has 2 aliphatic rings. The highest BCUT2D eigenvalue weighted by molar-refractivity contribution is 9.10. The molecule has 2 heterocycles. The van der Waals surface area contributed by atoms with Crippen molar-refractivity contribution in [3.8, 4) is 11.5 Å². The summed E-state index contributed by atoms with van der Waals surface area (Å²) < 4.78 is 11.7. The lowest BCUT2D eigenvalue weighted by molar-refractivity contribution is -0.126. The largest absolute Gasteiger partial charge is 0.486 e. The maximum atomic E-state index is 12.5. The first-order valence-electron chi connectivity index (χ1n) is 9.07. The number of hydrogen-bond donors (Lipinski definition) is 2. The number of anilines is 1. The van der Waals surface area contributed by atoms with E-state index in [2.05, 4.69) is 26.8 Å². The lowest BCUT2D eigenvalue weighted by atomic mass is 10.1. The van der Waals surface area contributed by atoms with E-state index in [0.717, 1.165) is 4.47 Å². The topological polar surface area (TPSA) is 97.0 Å². The van der Waals surface area contributed by atoms with Crippen molar-refractivity contribution < 1.29 is 23.9 Å². The van der Waals surface area contributed by atoms with E-state index in [4.69, 9.17) is 9.47 Å². The van der Waals surface area contributed by atoms with Gasteiger partial charge in [-0.15, -0.1) is 0 Å². The van der Waals surface area contributed by atoms with Crippen LogP contribution in [0.25, 0.3) is 0 Å². The Bertz CT molecular complexity index is 980. The highest BCUT2D eigenvalue weighted by Gasteiger charge is 2.36. The Morgan fingerprint density at radius 2 is 1.79 bits per heavy atom. The smallest absolute Gasteiger partial charge is 0.269 e. The van der Waals surface area contributed by atoms with Gasteiger partial charge in [0.1, 0.15) is 13.2 Å². The molecule has 0 aromatic heterocycles. The molecule has 1 atom stereocenters. The number of amides is 3. The number of halogens is 1. The fraction of sp³-hybridized carbons (Fsp3) is 0.250. The van der Waals surface area contributed by atoms with Gasteiger partial charge in [0.15, 0.2) is 11.5 Å². The van der Waals surface area contributed by atoms with E-state index in [-0.39, 0.29) is 18.9 Å². The summed E-state index contributed by atoms with van der Waals surface area (Å²) >= 11 is 3.42. The number of benzene rings is 2. The summed E-state index contributed by atoms with van der Waals surface area (Å²) in [7, 11) is 0. The van der Waals surface area contributed by atoms with Crippen molar-refractivity contribution in [3.63, 3.8) is 0 Å². The molecule has 1 fully saturated rings. The summed E-state index contributed by atoms with van der Waals surface area (Å²) in [6.45, 7) is 1.12. The average Bonchev–Trinajstić information content (AvgIpc) is 3.13. The maximum Gasteiger partial charge on any atom is 0.269 e. The quantitative estimate of drug-likeness (QED) is 0.684. The number of carbonyl (C=O) groups excluding carboxylic acids is 3. The normalized spacial score (nSPS) is 17.8. The molecule has 0 saturated carbocycles. The van der Waals surface area contributed by atoms with Crippen LogP contribution in [0.2, 0.25) is 0 Å². The van der Waals surface area contributed by atoms with E-state index >= 15 is 0 Å². The molecule has 3 amide bonds. The minimum atomic E-state index is -0.560. The molecule has 2 aliphatic heterocycles. The maximum absolute atomic E-state index is 12.5. The molecule has 9 heteroatoms. The molecule has 1 saturated heterocycles. The molecular weight excluding hydrogens is 442 g/mol. The van der Waals surface area contributed by atoms with Gasteiger partial charge in [-0.25, -0.2) is 0 Å². The van der Waals surface area contributed by atoms with Crippen LogP contribution >= 0.6 is 15.9 Å². The zero-order valence-corrected chi connectivity index (χ0v) is 16.9. The van der Waals surface area contributed by atoms with E-state index in [9.17, 15) is 14.4 Å². The van der Waals surface area contributed by atoms with Gasteiger partial charge in [-0.1, -0.05) is 12.1 Å². The van der Waals surface area contributed by atoms with Gasteiger partial charge in [0.25, 0.3) is 5.91 Å². The summed E-state index contributed by atoms with van der Waals surface area (Å²) in [4.78, 5) is 38.7. The SMILES string of the molecule is O=C(NNC(=O)C1CC(=O)N(c2ccccc2Br)C1)c1ccc2c(c1)OCCO2. The van der Waals surface area contributed by atoms with Gasteiger partial charge in [-0.3, -0.25) is 25.2 Å². The predicted molar refractivity (Wildman–Crippen MR) is 108 cm³/mol. The van der Waals surface area contributed by atoms with Crippen molar-refractivity contribution in [2.24, 2.45) is 5.92 Å². The van der Waals surface area contributed by atoms with E-state index in [0.29, 0.717) is 36.0 Å². The summed E-state index contributed by atoms with van der Waals surface area (Å²) in [5.41, 5.74) is 5.84. The number of nitrogens with zero attached hydrogens (tertiary/aromatic N) is 1. The number of fused-ring (bicyclic) bond motifs is 1. The average molecular weight is 460 g/mol. The molecule has 2 aromatic carbocycles. The van der Waals surface area contributed by atoms with Crippen LogP contribution in [-0.4, -0.2) is 37.5 Å². The van der Waals surface area contributed by atoms with Crippen molar-refractivity contribution in [1.82, 2.24) is 10.9 Å². The van der Waals surface area contributed by atoms with Crippen LogP contribution in [0.4, 0.5) is 5.69 Å². The predicted octanol–water partition coefficient (Wildman–Crippen LogP) is 2.03. The lowest BCUT2D eigenvalue weighted by Crippen LogP contribution is -2.45. The molecular formula is C20H18BrN3O5. The highest BCUT2D eigenvalue weighted by atomic mass is 79.9. The fourth-order valence-corrected chi connectivity index (χ4v) is 3.76. The molecule has 0 spiro atoms. The highest BCUT2D eigenvalue weighted by Crippen LogP contribution is 2.32. The zero-order chi connectivity index (χ0) is 20.4. The minimum Gasteiger partial charge on any atom is -0.486 e. The molecule has 4 rings (SSSR count). The molecule has 2 aromatic rings. The Kier molecular flexibility index (Phi) is 5.39. The van der Waals surface area contributed by atoms with Crippen molar-refractivity contribution in [1.29, 1.82) is 0 Å². The van der Waals surface area contributed by atoms with Gasteiger partial charge in [0.2, 0.25) is 11.8 Å². The molecule has 1 unspecified atom stereocenters. The van der Waals surface area contributed by atoms with E-state index in [1.54, 1.807) is 23.1 Å². The molecule has 8 nitrogen and oxygen atoms in total. The first-order chi connectivity index (χ1) is 14.0. The van der Waals surface area contributed by atoms with Gasteiger partial charge < -0.3 is 14.4 Å². The van der Waals surface area contributed by atoms with Crippen LogP contribution in [-0.2, 0) is 9.59 Å². The first-order valence-corrected chi connectivity index (χ1v) is 9.87. The van der Waals surface area contributed by atoms with Crippen molar-refractivity contribution >= 4 is 39.3 Å². The van der Waals surface area contributed by atoms with Gasteiger partial charge in [0.05, 0.1) is 11.6 Å². The Labute approximate surface area is 175 Å². The monoisotopic (exact) mass is 459 g/mol. The van der Waals surface area contributed by atoms with E-state index in [1.807, 2.05) is 24.3 Å². The van der Waals surface area contributed by atoms with Crippen LogP contribution < -0.4 is 25.2 Å². The van der Waals surface area contributed by atoms with Crippen molar-refractivity contribution in [2.45, 2.75) is 6.42 Å². The van der Waals surface area contributed by atoms with Crippen LogP contribution in [0.5, 0.6) is 11.5 Å². The van der Waals surface area contributed by atoms with Crippen LogP contribution in [0, 0.1) is 5.92 Å². The van der Waals surface area contributed by atoms with Gasteiger partial charge in [0, 0.05) is 23.0 Å². The van der Waals surface area contributed by atoms with Crippen molar-refractivity contribution in [2.75, 3.05) is 24.7 Å². The second-order valence-electron chi connectivity index (χ2n) is 6.66. The molecule has 150 valence electrons. The minimum absolute atomic E-state index is 0.0765. The Hall–Kier alpha value is -3.07. The summed E-state index contributed by atoms with van der Waals surface area (Å²) in [5, 5.41) is 0. The first kappa shape index (κ1) is 19.3. The summed E-state index contributed by atoms with van der Waals surface area (Å²) in [6, 6.07) is 12.1. The van der Waals surface area contributed by atoms with Gasteiger partial charge >= 0.3 is 0 Å². The Morgan fingerprint density at radius 3 is 2.59 bits per heavy atom. The van der Waals surface area contributed by atoms with Crippen molar-refractivity contribution in [3.05, 3.63) is 52.5 Å². The Morgan fingerprint density at radius 1 is 1.03 bits per heavy atom. The number of ether oxygens (including phenoxy) is 2. The zero-order valence-electron chi connectivity index (χ0n) is 15.3. The standard InChI is InChI=1S/C20H18BrN3O5/c21-14-3-1-2-4-15(14)24-11-13(10-18(24)25)20(27)23-22-19(26)12-5-6-16-17(9-12)29-8-7-28-16/h1-6,9,13H,7-8,10-11H2,(H,22,26)(H,23,27). The summed E-state index contributed by atoms with van der Waals surface area (Å²) in [6.07, 6.45) is 0.0765. The second kappa shape index (κ2) is 8.12. The molecule has 0 aliphatic carbocycles. The third-order valence-electron chi connectivity index (χ3n) is 4.74. The van der Waals surface area contributed by atoms with E-state index < -0.39 is 17.7 Å².